The maximum Gasteiger partial charge on any atom is 0.328 e. The van der Waals surface area contributed by atoms with Gasteiger partial charge in [0.1, 0.15) is 12.1 Å². The van der Waals surface area contributed by atoms with E-state index in [1.807, 2.05) is 92.9 Å². The molecule has 1 aromatic carbocycles. The van der Waals surface area contributed by atoms with Crippen LogP contribution in [0.2, 0.25) is 0 Å². The number of methoxy groups -OCH3 is 1. The Morgan fingerprint density at radius 3 is 1.98 bits per heavy atom. The molecule has 9 nitrogen and oxygen atoms in total. The fraction of sp³-hybridized carbons (Fsp3) is 0.294. The van der Waals surface area contributed by atoms with E-state index in [2.05, 4.69) is 25.9 Å². The summed E-state index contributed by atoms with van der Waals surface area (Å²) in [6.45, 7) is 4.06. The molecule has 45 heavy (non-hydrogen) atoms. The standard InChI is InChI=1S/C34H38N6O3S2/c1-22(2)19-31(32(41)39-28(15-18-45-4)33(42)43-3)40-34(44)37-25-13-11-23(12-14-25)24-20-29(26-9-5-7-16-35-26)38-30(21-24)27-10-6-8-17-36-27/h5-14,16-17,20-22,28,31H,15,18-19H2,1-4H3,(H,39,41)(H2,37,40,44)/t28-,31-/m0/s1. The first-order valence-corrected chi connectivity index (χ1v) is 16.5. The van der Waals surface area contributed by atoms with Crippen LogP contribution in [-0.4, -0.2) is 63.1 Å². The number of rotatable bonds is 13. The molecule has 0 saturated carbocycles. The molecule has 0 aliphatic carbocycles. The van der Waals surface area contributed by atoms with Crippen molar-refractivity contribution in [3.05, 3.63) is 85.2 Å². The molecule has 0 fully saturated rings. The van der Waals surface area contributed by atoms with Crippen molar-refractivity contribution in [2.45, 2.75) is 38.8 Å². The highest BCUT2D eigenvalue weighted by Gasteiger charge is 2.27. The predicted molar refractivity (Wildman–Crippen MR) is 186 cm³/mol. The number of thioether (sulfide) groups is 1. The lowest BCUT2D eigenvalue weighted by atomic mass is 10.0. The second-order valence-electron chi connectivity index (χ2n) is 10.8. The number of benzene rings is 1. The lowest BCUT2D eigenvalue weighted by Gasteiger charge is -2.24. The minimum atomic E-state index is -0.718. The molecule has 0 unspecified atom stereocenters. The molecule has 0 spiro atoms. The summed E-state index contributed by atoms with van der Waals surface area (Å²) < 4.78 is 4.90. The fourth-order valence-electron chi connectivity index (χ4n) is 4.66. The normalized spacial score (nSPS) is 12.2. The highest BCUT2D eigenvalue weighted by molar-refractivity contribution is 7.98. The van der Waals surface area contributed by atoms with Gasteiger partial charge in [-0.2, -0.15) is 11.8 Å². The van der Waals surface area contributed by atoms with Crippen LogP contribution in [0.25, 0.3) is 33.9 Å². The van der Waals surface area contributed by atoms with E-state index in [-0.39, 0.29) is 11.8 Å². The number of carbonyl (C=O) groups excluding carboxylic acids is 2. The largest absolute Gasteiger partial charge is 0.467 e. The van der Waals surface area contributed by atoms with Gasteiger partial charge in [0.2, 0.25) is 5.91 Å². The summed E-state index contributed by atoms with van der Waals surface area (Å²) in [5.74, 6) is 0.164. The van der Waals surface area contributed by atoms with E-state index in [9.17, 15) is 9.59 Å². The molecule has 4 rings (SSSR count). The van der Waals surface area contributed by atoms with Gasteiger partial charge in [0.25, 0.3) is 0 Å². The molecule has 0 aliphatic heterocycles. The second-order valence-corrected chi connectivity index (χ2v) is 12.2. The minimum Gasteiger partial charge on any atom is -0.467 e. The Balaban J connectivity index is 1.50. The molecule has 3 N–H and O–H groups in total. The molecule has 4 aromatic rings. The van der Waals surface area contributed by atoms with E-state index in [1.54, 1.807) is 24.2 Å². The van der Waals surface area contributed by atoms with Crippen LogP contribution in [0.5, 0.6) is 0 Å². The number of hydrogen-bond donors (Lipinski definition) is 3. The number of esters is 1. The van der Waals surface area contributed by atoms with Gasteiger partial charge in [-0.1, -0.05) is 38.1 Å². The average molecular weight is 643 g/mol. The van der Waals surface area contributed by atoms with Crippen molar-refractivity contribution in [2.24, 2.45) is 5.92 Å². The lowest BCUT2D eigenvalue weighted by Crippen LogP contribution is -2.53. The molecule has 0 bridgehead atoms. The Hall–Kier alpha value is -4.35. The summed E-state index contributed by atoms with van der Waals surface area (Å²) in [4.78, 5) is 39.3. The monoisotopic (exact) mass is 642 g/mol. The number of carbonyl (C=O) groups is 2. The zero-order valence-corrected chi connectivity index (χ0v) is 27.5. The summed E-state index contributed by atoms with van der Waals surface area (Å²) in [5, 5.41) is 9.48. The fourth-order valence-corrected chi connectivity index (χ4v) is 5.39. The van der Waals surface area contributed by atoms with E-state index < -0.39 is 18.1 Å². The van der Waals surface area contributed by atoms with E-state index in [1.165, 1.54) is 7.11 Å². The van der Waals surface area contributed by atoms with Crippen LogP contribution < -0.4 is 16.0 Å². The van der Waals surface area contributed by atoms with Crippen molar-refractivity contribution in [2.75, 3.05) is 24.4 Å². The minimum absolute atomic E-state index is 0.213. The average Bonchev–Trinajstić information content (AvgIpc) is 3.06. The molecule has 0 aliphatic rings. The van der Waals surface area contributed by atoms with Crippen molar-refractivity contribution in [3.63, 3.8) is 0 Å². The van der Waals surface area contributed by atoms with Gasteiger partial charge in [0, 0.05) is 18.1 Å². The molecule has 1 amide bonds. The number of hydrogen-bond acceptors (Lipinski definition) is 8. The van der Waals surface area contributed by atoms with Crippen molar-refractivity contribution < 1.29 is 14.3 Å². The Morgan fingerprint density at radius 2 is 1.47 bits per heavy atom. The number of ether oxygens (including phenoxy) is 1. The van der Waals surface area contributed by atoms with Gasteiger partial charge in [-0.3, -0.25) is 14.8 Å². The number of amides is 1. The summed E-state index contributed by atoms with van der Waals surface area (Å²) in [5.41, 5.74) is 5.75. The highest BCUT2D eigenvalue weighted by atomic mass is 32.2. The van der Waals surface area contributed by atoms with Crippen LogP contribution in [0.4, 0.5) is 5.69 Å². The van der Waals surface area contributed by atoms with Gasteiger partial charge in [-0.25, -0.2) is 9.78 Å². The number of pyridine rings is 3. The van der Waals surface area contributed by atoms with E-state index in [0.29, 0.717) is 23.7 Å². The number of thiocarbonyl (C=S) groups is 1. The first kappa shape index (κ1) is 33.5. The zero-order valence-electron chi connectivity index (χ0n) is 25.8. The Bertz CT molecular complexity index is 1510. The maximum absolute atomic E-state index is 13.2. The van der Waals surface area contributed by atoms with Crippen LogP contribution in [0.1, 0.15) is 26.7 Å². The van der Waals surface area contributed by atoms with Crippen LogP contribution in [-0.2, 0) is 14.3 Å². The third-order valence-corrected chi connectivity index (χ3v) is 7.76. The Labute approximate surface area is 274 Å². The Morgan fingerprint density at radius 1 is 0.844 bits per heavy atom. The van der Waals surface area contributed by atoms with Gasteiger partial charge in [-0.15, -0.1) is 0 Å². The van der Waals surface area contributed by atoms with Crippen LogP contribution in [0.15, 0.2) is 85.2 Å². The van der Waals surface area contributed by atoms with Crippen LogP contribution >= 0.6 is 24.0 Å². The topological polar surface area (TPSA) is 118 Å². The number of aromatic nitrogens is 3. The molecular formula is C34H38N6O3S2. The second kappa shape index (κ2) is 16.6. The van der Waals surface area contributed by atoms with Crippen LogP contribution in [0.3, 0.4) is 0 Å². The third kappa shape index (κ3) is 9.82. The Kier molecular flexibility index (Phi) is 12.4. The van der Waals surface area contributed by atoms with Gasteiger partial charge >= 0.3 is 5.97 Å². The summed E-state index contributed by atoms with van der Waals surface area (Å²) in [7, 11) is 1.32. The maximum atomic E-state index is 13.2. The summed E-state index contributed by atoms with van der Waals surface area (Å²) in [6, 6.07) is 22.0. The lowest BCUT2D eigenvalue weighted by molar-refractivity contribution is -0.145. The highest BCUT2D eigenvalue weighted by Crippen LogP contribution is 2.29. The molecule has 3 heterocycles. The first-order chi connectivity index (χ1) is 21.8. The summed E-state index contributed by atoms with van der Waals surface area (Å²) in [6.07, 6.45) is 6.46. The number of anilines is 1. The SMILES string of the molecule is COC(=O)[C@H](CCSC)NC(=O)[C@H](CC(C)C)NC(=S)Nc1ccc(-c2cc(-c3ccccn3)nc(-c3ccccn3)c2)cc1. The molecule has 0 saturated heterocycles. The van der Waals surface area contributed by atoms with Crippen molar-refractivity contribution in [3.8, 4) is 33.9 Å². The quantitative estimate of drug-likeness (QED) is 0.119. The molecule has 234 valence electrons. The van der Waals surface area contributed by atoms with E-state index in [0.717, 1.165) is 39.6 Å². The van der Waals surface area contributed by atoms with Crippen molar-refractivity contribution >= 4 is 46.7 Å². The molecular weight excluding hydrogens is 605 g/mol. The first-order valence-electron chi connectivity index (χ1n) is 14.7. The van der Waals surface area contributed by atoms with Crippen molar-refractivity contribution in [1.29, 1.82) is 0 Å². The predicted octanol–water partition coefficient (Wildman–Crippen LogP) is 5.98. The summed E-state index contributed by atoms with van der Waals surface area (Å²) >= 11 is 7.19. The molecule has 3 aromatic heterocycles. The van der Waals surface area contributed by atoms with E-state index >= 15 is 0 Å². The third-order valence-electron chi connectivity index (χ3n) is 6.90. The van der Waals surface area contributed by atoms with Gasteiger partial charge in [0.05, 0.1) is 29.9 Å². The zero-order chi connectivity index (χ0) is 32.2. The van der Waals surface area contributed by atoms with Gasteiger partial charge < -0.3 is 20.7 Å². The molecule has 0 radical (unpaired) electrons. The van der Waals surface area contributed by atoms with Gasteiger partial charge in [-0.05, 0) is 103 Å². The molecule has 2 atom stereocenters. The van der Waals surface area contributed by atoms with Crippen molar-refractivity contribution in [1.82, 2.24) is 25.6 Å². The smallest absolute Gasteiger partial charge is 0.328 e. The number of nitrogens with zero attached hydrogens (tertiary/aromatic N) is 3. The van der Waals surface area contributed by atoms with E-state index in [4.69, 9.17) is 21.9 Å². The number of nitrogens with one attached hydrogen (secondary N) is 3. The molecule has 11 heteroatoms. The van der Waals surface area contributed by atoms with Crippen LogP contribution in [0, 0.1) is 5.92 Å². The van der Waals surface area contributed by atoms with Gasteiger partial charge in [0.15, 0.2) is 5.11 Å².